The predicted octanol–water partition coefficient (Wildman–Crippen LogP) is 1.42. The van der Waals surface area contributed by atoms with Gasteiger partial charge in [-0.15, -0.1) is 6.58 Å². The largest absolute Gasteiger partial charge is 0.507 e. The van der Waals surface area contributed by atoms with E-state index >= 15 is 0 Å². The number of aromatic carboxylic acids is 1. The van der Waals surface area contributed by atoms with Crippen molar-refractivity contribution >= 4 is 5.97 Å². The van der Waals surface area contributed by atoms with Crippen molar-refractivity contribution in [1.29, 1.82) is 0 Å². The normalized spacial score (nSPS) is 12.1. The molecule has 0 unspecified atom stereocenters. The van der Waals surface area contributed by atoms with Crippen LogP contribution in [0, 0.1) is 5.82 Å². The van der Waals surface area contributed by atoms with Gasteiger partial charge >= 0.3 is 5.97 Å². The summed E-state index contributed by atoms with van der Waals surface area (Å²) in [7, 11) is 0. The highest BCUT2D eigenvalue weighted by molar-refractivity contribution is 5.91. The number of aromatic hydroxyl groups is 1. The van der Waals surface area contributed by atoms with Crippen LogP contribution in [0.5, 0.6) is 5.75 Å². The first kappa shape index (κ1) is 11.2. The lowest BCUT2D eigenvalue weighted by molar-refractivity contribution is 0.0693. The van der Waals surface area contributed by atoms with E-state index in [0.717, 1.165) is 12.1 Å². The standard InChI is InChI=1S/C10H10FNO3/c1-2-8(12)6-3-5(11)4-7(9(6)13)10(14)15/h2-4,8,13H,1,12H2,(H,14,15)/t8-/m1/s1. The zero-order valence-electron chi connectivity index (χ0n) is 7.77. The van der Waals surface area contributed by atoms with Crippen molar-refractivity contribution in [3.8, 4) is 5.75 Å². The molecule has 0 saturated heterocycles. The second-order valence-corrected chi connectivity index (χ2v) is 2.96. The van der Waals surface area contributed by atoms with Crippen LogP contribution in [0.1, 0.15) is 22.0 Å². The number of rotatable bonds is 3. The van der Waals surface area contributed by atoms with E-state index in [9.17, 15) is 14.3 Å². The second kappa shape index (κ2) is 4.10. The van der Waals surface area contributed by atoms with Crippen molar-refractivity contribution in [2.24, 2.45) is 5.73 Å². The van der Waals surface area contributed by atoms with Crippen molar-refractivity contribution in [3.05, 3.63) is 41.7 Å². The smallest absolute Gasteiger partial charge is 0.339 e. The van der Waals surface area contributed by atoms with Crippen molar-refractivity contribution in [1.82, 2.24) is 0 Å². The van der Waals surface area contributed by atoms with E-state index in [1.807, 2.05) is 0 Å². The summed E-state index contributed by atoms with van der Waals surface area (Å²) in [6, 6.07) is 0.907. The lowest BCUT2D eigenvalue weighted by Crippen LogP contribution is -2.09. The molecule has 0 aliphatic carbocycles. The third-order valence-electron chi connectivity index (χ3n) is 1.95. The number of phenols is 1. The van der Waals surface area contributed by atoms with E-state index in [1.165, 1.54) is 6.08 Å². The third kappa shape index (κ3) is 2.13. The van der Waals surface area contributed by atoms with Gasteiger partial charge in [-0.05, 0) is 12.1 Å². The summed E-state index contributed by atoms with van der Waals surface area (Å²) in [5.74, 6) is -2.71. The Morgan fingerprint density at radius 1 is 1.60 bits per heavy atom. The average molecular weight is 211 g/mol. The second-order valence-electron chi connectivity index (χ2n) is 2.96. The molecule has 5 heteroatoms. The molecular formula is C10H10FNO3. The number of hydrogen-bond donors (Lipinski definition) is 3. The van der Waals surface area contributed by atoms with Crippen LogP contribution in [-0.4, -0.2) is 16.2 Å². The van der Waals surface area contributed by atoms with Crippen molar-refractivity contribution < 1.29 is 19.4 Å². The SMILES string of the molecule is C=C[C@@H](N)c1cc(F)cc(C(=O)O)c1O. The fourth-order valence-corrected chi connectivity index (χ4v) is 1.16. The third-order valence-corrected chi connectivity index (χ3v) is 1.95. The number of carboxylic acid groups (broad SMARTS) is 1. The molecule has 4 nitrogen and oxygen atoms in total. The topological polar surface area (TPSA) is 83.6 Å². The molecule has 0 aromatic heterocycles. The van der Waals surface area contributed by atoms with Crippen LogP contribution < -0.4 is 5.73 Å². The van der Waals surface area contributed by atoms with Crippen LogP contribution in [0.3, 0.4) is 0 Å². The molecule has 0 fully saturated rings. The van der Waals surface area contributed by atoms with Gasteiger partial charge < -0.3 is 15.9 Å². The molecule has 0 aliphatic rings. The molecule has 0 saturated carbocycles. The number of carboxylic acids is 1. The average Bonchev–Trinajstić information content (AvgIpc) is 2.19. The predicted molar refractivity (Wildman–Crippen MR) is 52.1 cm³/mol. The van der Waals surface area contributed by atoms with Gasteiger partial charge in [0.2, 0.25) is 0 Å². The van der Waals surface area contributed by atoms with Crippen LogP contribution >= 0.6 is 0 Å². The Hall–Kier alpha value is -1.88. The number of benzene rings is 1. The maximum absolute atomic E-state index is 13.0. The molecule has 0 spiro atoms. The van der Waals surface area contributed by atoms with Crippen LogP contribution in [0.25, 0.3) is 0 Å². The Kier molecular flexibility index (Phi) is 3.06. The minimum atomic E-state index is -1.41. The molecule has 0 amide bonds. The molecule has 80 valence electrons. The molecule has 1 aromatic rings. The fourth-order valence-electron chi connectivity index (χ4n) is 1.16. The van der Waals surface area contributed by atoms with Gasteiger partial charge in [0.1, 0.15) is 17.1 Å². The molecule has 1 aromatic carbocycles. The summed E-state index contributed by atoms with van der Waals surface area (Å²) in [5, 5.41) is 18.2. The summed E-state index contributed by atoms with van der Waals surface area (Å²) in [4.78, 5) is 10.6. The van der Waals surface area contributed by atoms with Gasteiger partial charge in [-0.3, -0.25) is 0 Å². The van der Waals surface area contributed by atoms with Crippen LogP contribution in [0.4, 0.5) is 4.39 Å². The van der Waals surface area contributed by atoms with E-state index in [4.69, 9.17) is 10.8 Å². The van der Waals surface area contributed by atoms with Gasteiger partial charge in [-0.25, -0.2) is 9.18 Å². The maximum Gasteiger partial charge on any atom is 0.339 e. The van der Waals surface area contributed by atoms with Crippen molar-refractivity contribution in [3.63, 3.8) is 0 Å². The van der Waals surface area contributed by atoms with Gasteiger partial charge in [0.15, 0.2) is 0 Å². The molecule has 0 radical (unpaired) electrons. The monoisotopic (exact) mass is 211 g/mol. The van der Waals surface area contributed by atoms with Crippen molar-refractivity contribution in [2.75, 3.05) is 0 Å². The first-order valence-electron chi connectivity index (χ1n) is 4.11. The maximum atomic E-state index is 13.0. The van der Waals surface area contributed by atoms with Gasteiger partial charge in [-0.1, -0.05) is 6.08 Å². The Morgan fingerprint density at radius 3 is 2.67 bits per heavy atom. The number of carbonyl (C=O) groups is 1. The Bertz CT molecular complexity index is 417. The highest BCUT2D eigenvalue weighted by Gasteiger charge is 2.18. The highest BCUT2D eigenvalue weighted by atomic mass is 19.1. The van der Waals surface area contributed by atoms with Gasteiger partial charge in [0, 0.05) is 5.56 Å². The van der Waals surface area contributed by atoms with Crippen molar-refractivity contribution in [2.45, 2.75) is 6.04 Å². The molecule has 0 heterocycles. The quantitative estimate of drug-likeness (QED) is 0.660. The van der Waals surface area contributed by atoms with Gasteiger partial charge in [0.25, 0.3) is 0 Å². The molecular weight excluding hydrogens is 201 g/mol. The fraction of sp³-hybridized carbons (Fsp3) is 0.100. The van der Waals surface area contributed by atoms with E-state index in [2.05, 4.69) is 6.58 Å². The van der Waals surface area contributed by atoms with E-state index in [1.54, 1.807) is 0 Å². The molecule has 1 rings (SSSR count). The van der Waals surface area contributed by atoms with Crippen LogP contribution in [-0.2, 0) is 0 Å². The first-order valence-corrected chi connectivity index (χ1v) is 4.11. The molecule has 0 aliphatic heterocycles. The first-order chi connectivity index (χ1) is 6.97. The summed E-state index contributed by atoms with van der Waals surface area (Å²) in [6.07, 6.45) is 1.28. The van der Waals surface area contributed by atoms with Gasteiger partial charge in [0.05, 0.1) is 6.04 Å². The van der Waals surface area contributed by atoms with E-state index in [0.29, 0.717) is 0 Å². The van der Waals surface area contributed by atoms with Crippen LogP contribution in [0.15, 0.2) is 24.8 Å². The Labute approximate surface area is 85.5 Å². The Balaban J connectivity index is 3.40. The Morgan fingerprint density at radius 2 is 2.20 bits per heavy atom. The van der Waals surface area contributed by atoms with Crippen LogP contribution in [0.2, 0.25) is 0 Å². The van der Waals surface area contributed by atoms with Gasteiger partial charge in [-0.2, -0.15) is 0 Å². The minimum absolute atomic E-state index is 0.00222. The number of hydrogen-bond acceptors (Lipinski definition) is 3. The highest BCUT2D eigenvalue weighted by Crippen LogP contribution is 2.28. The molecule has 1 atom stereocenters. The number of nitrogens with two attached hydrogens (primary N) is 1. The molecule has 4 N–H and O–H groups in total. The minimum Gasteiger partial charge on any atom is -0.507 e. The zero-order valence-corrected chi connectivity index (χ0v) is 7.77. The van der Waals surface area contributed by atoms with E-state index in [-0.39, 0.29) is 5.56 Å². The van der Waals surface area contributed by atoms with E-state index < -0.39 is 29.1 Å². The lowest BCUT2D eigenvalue weighted by Gasteiger charge is -2.11. The molecule has 15 heavy (non-hydrogen) atoms. The summed E-state index contributed by atoms with van der Waals surface area (Å²) < 4.78 is 13.0. The zero-order chi connectivity index (χ0) is 11.6. The lowest BCUT2D eigenvalue weighted by atomic mass is 10.0. The number of halogens is 1. The summed E-state index contributed by atoms with van der Waals surface area (Å²) >= 11 is 0. The molecule has 0 bridgehead atoms. The summed E-state index contributed by atoms with van der Waals surface area (Å²) in [6.45, 7) is 3.38. The summed E-state index contributed by atoms with van der Waals surface area (Å²) in [5.41, 5.74) is 4.99.